The van der Waals surface area contributed by atoms with Gasteiger partial charge >= 0.3 is 0 Å². The van der Waals surface area contributed by atoms with E-state index in [0.717, 1.165) is 25.7 Å². The van der Waals surface area contributed by atoms with Crippen LogP contribution in [0.3, 0.4) is 0 Å². The van der Waals surface area contributed by atoms with Crippen LogP contribution in [0.5, 0.6) is 0 Å². The summed E-state index contributed by atoms with van der Waals surface area (Å²) in [5.74, 6) is 0.0807. The molecule has 1 saturated carbocycles. The van der Waals surface area contributed by atoms with Crippen molar-refractivity contribution in [3.05, 3.63) is 12.7 Å². The number of nitrogens with one attached hydrogen (secondary N) is 1. The molecule has 94 valence electrons. The zero-order valence-corrected chi connectivity index (χ0v) is 10.4. The van der Waals surface area contributed by atoms with Crippen molar-refractivity contribution < 1.29 is 9.59 Å². The van der Waals surface area contributed by atoms with Gasteiger partial charge in [0.1, 0.15) is 11.6 Å². The normalized spacial score (nSPS) is 27.4. The van der Waals surface area contributed by atoms with Crippen molar-refractivity contribution >= 4 is 11.8 Å². The molecule has 4 nitrogen and oxygen atoms in total. The van der Waals surface area contributed by atoms with E-state index in [1.807, 2.05) is 6.92 Å². The zero-order valence-electron chi connectivity index (χ0n) is 10.4. The molecule has 2 aliphatic rings. The molecule has 1 unspecified atom stereocenters. The lowest BCUT2D eigenvalue weighted by Crippen LogP contribution is -2.69. The minimum Gasteiger partial charge on any atom is -0.342 e. The molecule has 2 fully saturated rings. The standard InChI is InChI=1S/C13H20N2O2/c1-3-9-15-11(16)10(4-2)14-12(17)13(15)7-5-6-8-13/h3,10H,1,4-9H2,2H3,(H,14,17). The van der Waals surface area contributed by atoms with Crippen molar-refractivity contribution in [3.63, 3.8) is 0 Å². The second kappa shape index (κ2) is 4.51. The van der Waals surface area contributed by atoms with Crippen molar-refractivity contribution in [3.8, 4) is 0 Å². The van der Waals surface area contributed by atoms with Gasteiger partial charge in [-0.2, -0.15) is 0 Å². The largest absolute Gasteiger partial charge is 0.342 e. The van der Waals surface area contributed by atoms with Crippen molar-refractivity contribution in [1.82, 2.24) is 10.2 Å². The van der Waals surface area contributed by atoms with Gasteiger partial charge in [-0.15, -0.1) is 6.58 Å². The first-order chi connectivity index (χ1) is 8.15. The smallest absolute Gasteiger partial charge is 0.246 e. The molecule has 17 heavy (non-hydrogen) atoms. The van der Waals surface area contributed by atoms with E-state index in [9.17, 15) is 9.59 Å². The predicted molar refractivity (Wildman–Crippen MR) is 65.3 cm³/mol. The Kier molecular flexibility index (Phi) is 3.22. The molecule has 1 saturated heterocycles. The highest BCUT2D eigenvalue weighted by atomic mass is 16.2. The summed E-state index contributed by atoms with van der Waals surface area (Å²) in [6, 6.07) is -0.353. The topological polar surface area (TPSA) is 49.4 Å². The Balaban J connectivity index is 2.33. The average Bonchev–Trinajstić information content (AvgIpc) is 2.80. The molecule has 1 aliphatic heterocycles. The summed E-state index contributed by atoms with van der Waals surface area (Å²) < 4.78 is 0. The SMILES string of the molecule is C=CCN1C(=O)C(CC)NC(=O)C12CCCC2. The maximum absolute atomic E-state index is 12.3. The third-order valence-electron chi connectivity index (χ3n) is 3.96. The third-order valence-corrected chi connectivity index (χ3v) is 3.96. The summed E-state index contributed by atoms with van der Waals surface area (Å²) >= 11 is 0. The van der Waals surface area contributed by atoms with E-state index < -0.39 is 5.54 Å². The molecular formula is C13H20N2O2. The van der Waals surface area contributed by atoms with Gasteiger partial charge in [-0.25, -0.2) is 0 Å². The van der Waals surface area contributed by atoms with Crippen LogP contribution >= 0.6 is 0 Å². The van der Waals surface area contributed by atoms with Crippen LogP contribution in [0.25, 0.3) is 0 Å². The molecule has 0 radical (unpaired) electrons. The van der Waals surface area contributed by atoms with E-state index in [-0.39, 0.29) is 17.9 Å². The van der Waals surface area contributed by atoms with Gasteiger partial charge in [0, 0.05) is 6.54 Å². The van der Waals surface area contributed by atoms with E-state index in [2.05, 4.69) is 11.9 Å². The number of carbonyl (C=O) groups is 2. The number of piperazine rings is 1. The number of rotatable bonds is 3. The fourth-order valence-electron chi connectivity index (χ4n) is 3.00. The summed E-state index contributed by atoms with van der Waals surface area (Å²) in [6.45, 7) is 6.09. The summed E-state index contributed by atoms with van der Waals surface area (Å²) in [5, 5.41) is 2.87. The molecule has 4 heteroatoms. The minimum atomic E-state index is -0.586. The number of nitrogens with zero attached hydrogens (tertiary/aromatic N) is 1. The van der Waals surface area contributed by atoms with Gasteiger partial charge in [0.15, 0.2) is 0 Å². The van der Waals surface area contributed by atoms with E-state index >= 15 is 0 Å². The number of carbonyl (C=O) groups excluding carboxylic acids is 2. The number of amides is 2. The molecule has 0 aromatic heterocycles. The van der Waals surface area contributed by atoms with E-state index in [1.165, 1.54) is 0 Å². The fraction of sp³-hybridized carbons (Fsp3) is 0.692. The highest BCUT2D eigenvalue weighted by molar-refractivity contribution is 6.00. The van der Waals surface area contributed by atoms with Crippen molar-refractivity contribution in [2.24, 2.45) is 0 Å². The lowest BCUT2D eigenvalue weighted by molar-refractivity contribution is -0.156. The van der Waals surface area contributed by atoms with Crippen LogP contribution in [0.4, 0.5) is 0 Å². The predicted octanol–water partition coefficient (Wildman–Crippen LogP) is 1.22. The van der Waals surface area contributed by atoms with Gasteiger partial charge in [-0.1, -0.05) is 25.8 Å². The second-order valence-corrected chi connectivity index (χ2v) is 4.91. The highest BCUT2D eigenvalue weighted by Crippen LogP contribution is 2.38. The van der Waals surface area contributed by atoms with Gasteiger partial charge in [-0.05, 0) is 19.3 Å². The summed E-state index contributed by atoms with van der Waals surface area (Å²) in [6.07, 6.45) is 5.97. The molecule has 2 rings (SSSR count). The summed E-state index contributed by atoms with van der Waals surface area (Å²) in [7, 11) is 0. The Morgan fingerprint density at radius 1 is 1.47 bits per heavy atom. The average molecular weight is 236 g/mol. The highest BCUT2D eigenvalue weighted by Gasteiger charge is 2.52. The van der Waals surface area contributed by atoms with Crippen LogP contribution < -0.4 is 5.32 Å². The molecule has 0 aromatic carbocycles. The minimum absolute atomic E-state index is 0.0308. The second-order valence-electron chi connectivity index (χ2n) is 4.91. The van der Waals surface area contributed by atoms with Gasteiger partial charge in [0.2, 0.25) is 11.8 Å². The van der Waals surface area contributed by atoms with E-state index in [0.29, 0.717) is 13.0 Å². The monoisotopic (exact) mass is 236 g/mol. The molecule has 0 bridgehead atoms. The van der Waals surface area contributed by atoms with E-state index in [1.54, 1.807) is 11.0 Å². The fourth-order valence-corrected chi connectivity index (χ4v) is 3.00. The molecule has 1 aliphatic carbocycles. The Hall–Kier alpha value is -1.32. The maximum Gasteiger partial charge on any atom is 0.246 e. The van der Waals surface area contributed by atoms with Gasteiger partial charge in [-0.3, -0.25) is 9.59 Å². The van der Waals surface area contributed by atoms with Crippen LogP contribution in [0.1, 0.15) is 39.0 Å². The van der Waals surface area contributed by atoms with Crippen molar-refractivity contribution in [2.45, 2.75) is 50.6 Å². The lowest BCUT2D eigenvalue weighted by Gasteiger charge is -2.45. The summed E-state index contributed by atoms with van der Waals surface area (Å²) in [5.41, 5.74) is -0.586. The molecule has 1 heterocycles. The Morgan fingerprint density at radius 3 is 2.65 bits per heavy atom. The van der Waals surface area contributed by atoms with Gasteiger partial charge in [0.25, 0.3) is 0 Å². The zero-order chi connectivity index (χ0) is 12.5. The van der Waals surface area contributed by atoms with Crippen LogP contribution in [0.15, 0.2) is 12.7 Å². The first-order valence-electron chi connectivity index (χ1n) is 6.39. The number of hydrogen-bond donors (Lipinski definition) is 1. The van der Waals surface area contributed by atoms with Crippen molar-refractivity contribution in [2.75, 3.05) is 6.54 Å². The molecular weight excluding hydrogens is 216 g/mol. The lowest BCUT2D eigenvalue weighted by atomic mass is 9.89. The Labute approximate surface area is 102 Å². The van der Waals surface area contributed by atoms with Crippen LogP contribution in [-0.4, -0.2) is 34.8 Å². The van der Waals surface area contributed by atoms with Crippen LogP contribution in [-0.2, 0) is 9.59 Å². The first kappa shape index (κ1) is 12.1. The Bertz CT molecular complexity index is 345. The molecule has 1 N–H and O–H groups in total. The molecule has 0 aromatic rings. The number of hydrogen-bond acceptors (Lipinski definition) is 2. The van der Waals surface area contributed by atoms with Gasteiger partial charge < -0.3 is 10.2 Å². The maximum atomic E-state index is 12.3. The van der Waals surface area contributed by atoms with Crippen LogP contribution in [0.2, 0.25) is 0 Å². The van der Waals surface area contributed by atoms with Crippen LogP contribution in [0, 0.1) is 0 Å². The van der Waals surface area contributed by atoms with E-state index in [4.69, 9.17) is 0 Å². The quantitative estimate of drug-likeness (QED) is 0.749. The molecule has 1 spiro atoms. The molecule has 2 amide bonds. The summed E-state index contributed by atoms with van der Waals surface area (Å²) in [4.78, 5) is 26.3. The van der Waals surface area contributed by atoms with Crippen molar-refractivity contribution in [1.29, 1.82) is 0 Å². The first-order valence-corrected chi connectivity index (χ1v) is 6.39. The molecule has 1 atom stereocenters. The van der Waals surface area contributed by atoms with Gasteiger partial charge in [0.05, 0.1) is 0 Å². The Morgan fingerprint density at radius 2 is 2.12 bits per heavy atom. The third kappa shape index (κ3) is 1.75.